The summed E-state index contributed by atoms with van der Waals surface area (Å²) >= 11 is 5.99. The summed E-state index contributed by atoms with van der Waals surface area (Å²) in [5, 5.41) is 0.591. The minimum atomic E-state index is 0.00617. The normalized spacial score (nSPS) is 17.8. The quantitative estimate of drug-likeness (QED) is 0.865. The first-order valence-corrected chi connectivity index (χ1v) is 8.18. The number of fused-ring (bicyclic) bond motifs is 1. The van der Waals surface area contributed by atoms with Crippen molar-refractivity contribution in [1.29, 1.82) is 0 Å². The monoisotopic (exact) mass is 331 g/mol. The maximum Gasteiger partial charge on any atom is 0.270 e. The van der Waals surface area contributed by atoms with Crippen LogP contribution in [0.5, 0.6) is 0 Å². The Kier molecular flexibility index (Phi) is 4.46. The molecule has 1 aliphatic rings. The molecule has 0 bridgehead atoms. The SMILES string of the molecule is CN(C[C@@H]1Cc2ccccc2CN1C)C(=O)c1cc(Cl)cn1C. The molecular formula is C18H22ClN3O. The minimum Gasteiger partial charge on any atom is -0.345 e. The highest BCUT2D eigenvalue weighted by atomic mass is 35.5. The second-order valence-electron chi connectivity index (χ2n) is 6.38. The van der Waals surface area contributed by atoms with Crippen LogP contribution in [0, 0.1) is 0 Å². The Morgan fingerprint density at radius 2 is 2.00 bits per heavy atom. The van der Waals surface area contributed by atoms with Gasteiger partial charge in [0, 0.05) is 39.4 Å². The fourth-order valence-corrected chi connectivity index (χ4v) is 3.50. The first-order valence-electron chi connectivity index (χ1n) is 7.80. The number of rotatable bonds is 3. The third kappa shape index (κ3) is 3.28. The summed E-state index contributed by atoms with van der Waals surface area (Å²) < 4.78 is 1.78. The fraction of sp³-hybridized carbons (Fsp3) is 0.389. The van der Waals surface area contributed by atoms with Crippen molar-refractivity contribution in [2.24, 2.45) is 7.05 Å². The number of likely N-dealkylation sites (N-methyl/N-ethyl adjacent to an activating group) is 2. The van der Waals surface area contributed by atoms with E-state index in [1.54, 1.807) is 21.7 Å². The van der Waals surface area contributed by atoms with Crippen LogP contribution < -0.4 is 0 Å². The van der Waals surface area contributed by atoms with Gasteiger partial charge in [-0.2, -0.15) is 0 Å². The molecule has 1 aliphatic heterocycles. The van der Waals surface area contributed by atoms with E-state index in [-0.39, 0.29) is 5.91 Å². The maximum absolute atomic E-state index is 12.6. The van der Waals surface area contributed by atoms with E-state index in [0.717, 1.165) is 13.0 Å². The fourth-order valence-electron chi connectivity index (χ4n) is 3.25. The molecule has 0 spiro atoms. The number of carbonyl (C=O) groups excluding carboxylic acids is 1. The topological polar surface area (TPSA) is 28.5 Å². The molecule has 2 heterocycles. The van der Waals surface area contributed by atoms with Gasteiger partial charge in [0.2, 0.25) is 0 Å². The molecule has 1 amide bonds. The van der Waals surface area contributed by atoms with Crippen molar-refractivity contribution in [3.05, 3.63) is 58.4 Å². The van der Waals surface area contributed by atoms with Crippen LogP contribution in [0.2, 0.25) is 5.02 Å². The van der Waals surface area contributed by atoms with E-state index in [1.165, 1.54) is 11.1 Å². The molecule has 0 saturated heterocycles. The minimum absolute atomic E-state index is 0.00617. The number of halogens is 1. The molecular weight excluding hydrogens is 310 g/mol. The Morgan fingerprint density at radius 1 is 1.30 bits per heavy atom. The van der Waals surface area contributed by atoms with E-state index < -0.39 is 0 Å². The van der Waals surface area contributed by atoms with Crippen molar-refractivity contribution in [3.8, 4) is 0 Å². The Hall–Kier alpha value is -1.78. The van der Waals surface area contributed by atoms with Crippen molar-refractivity contribution in [1.82, 2.24) is 14.4 Å². The summed E-state index contributed by atoms with van der Waals surface area (Å²) in [6.07, 6.45) is 2.73. The van der Waals surface area contributed by atoms with Crippen LogP contribution in [0.4, 0.5) is 0 Å². The number of amides is 1. The van der Waals surface area contributed by atoms with Crippen molar-refractivity contribution in [2.45, 2.75) is 19.0 Å². The van der Waals surface area contributed by atoms with E-state index in [0.29, 0.717) is 23.3 Å². The predicted octanol–water partition coefficient (Wildman–Crippen LogP) is 2.81. The molecule has 23 heavy (non-hydrogen) atoms. The molecule has 3 rings (SSSR count). The van der Waals surface area contributed by atoms with Crippen LogP contribution in [-0.2, 0) is 20.0 Å². The summed E-state index contributed by atoms with van der Waals surface area (Å²) in [4.78, 5) is 16.7. The average molecular weight is 332 g/mol. The third-order valence-electron chi connectivity index (χ3n) is 4.64. The smallest absolute Gasteiger partial charge is 0.270 e. The molecule has 0 fully saturated rings. The number of nitrogens with zero attached hydrogens (tertiary/aromatic N) is 3. The van der Waals surface area contributed by atoms with Gasteiger partial charge in [0.15, 0.2) is 0 Å². The van der Waals surface area contributed by atoms with Gasteiger partial charge in [0.25, 0.3) is 5.91 Å². The molecule has 0 N–H and O–H groups in total. The Bertz CT molecular complexity index is 725. The second kappa shape index (κ2) is 6.38. The van der Waals surface area contributed by atoms with Gasteiger partial charge in [0.05, 0.1) is 5.02 Å². The lowest BCUT2D eigenvalue weighted by molar-refractivity contribution is 0.0724. The molecule has 1 aromatic carbocycles. The van der Waals surface area contributed by atoms with Crippen LogP contribution >= 0.6 is 11.6 Å². The molecule has 4 nitrogen and oxygen atoms in total. The molecule has 2 aromatic rings. The Labute approximate surface area is 142 Å². The molecule has 1 aromatic heterocycles. The van der Waals surface area contributed by atoms with E-state index in [4.69, 9.17) is 11.6 Å². The lowest BCUT2D eigenvalue weighted by atomic mass is 9.94. The van der Waals surface area contributed by atoms with Gasteiger partial charge in [-0.15, -0.1) is 0 Å². The molecule has 122 valence electrons. The molecule has 1 atom stereocenters. The largest absolute Gasteiger partial charge is 0.345 e. The van der Waals surface area contributed by atoms with Crippen molar-refractivity contribution in [3.63, 3.8) is 0 Å². The van der Waals surface area contributed by atoms with Gasteiger partial charge in [0.1, 0.15) is 5.69 Å². The Morgan fingerprint density at radius 3 is 2.65 bits per heavy atom. The molecule has 5 heteroatoms. The summed E-state index contributed by atoms with van der Waals surface area (Å²) in [6.45, 7) is 1.63. The summed E-state index contributed by atoms with van der Waals surface area (Å²) in [5.41, 5.74) is 3.39. The summed E-state index contributed by atoms with van der Waals surface area (Å²) in [5.74, 6) is 0.00617. The zero-order chi connectivity index (χ0) is 16.6. The van der Waals surface area contributed by atoms with Gasteiger partial charge in [-0.25, -0.2) is 0 Å². The van der Waals surface area contributed by atoms with E-state index in [9.17, 15) is 4.79 Å². The summed E-state index contributed by atoms with van der Waals surface area (Å²) in [7, 11) is 5.83. The van der Waals surface area contributed by atoms with Crippen molar-refractivity contribution >= 4 is 17.5 Å². The first kappa shape index (κ1) is 16.1. The van der Waals surface area contributed by atoms with Gasteiger partial charge in [-0.05, 0) is 30.7 Å². The molecule has 0 saturated carbocycles. The number of carbonyl (C=O) groups is 1. The predicted molar refractivity (Wildman–Crippen MR) is 92.8 cm³/mol. The number of hydrogen-bond acceptors (Lipinski definition) is 2. The lowest BCUT2D eigenvalue weighted by Crippen LogP contribution is -2.46. The lowest BCUT2D eigenvalue weighted by Gasteiger charge is -2.36. The Balaban J connectivity index is 1.72. The van der Waals surface area contributed by atoms with E-state index in [1.807, 2.05) is 14.1 Å². The van der Waals surface area contributed by atoms with Gasteiger partial charge in [-0.3, -0.25) is 9.69 Å². The van der Waals surface area contributed by atoms with E-state index >= 15 is 0 Å². The third-order valence-corrected chi connectivity index (χ3v) is 4.85. The van der Waals surface area contributed by atoms with Crippen LogP contribution in [-0.4, -0.2) is 47.0 Å². The van der Waals surface area contributed by atoms with Gasteiger partial charge < -0.3 is 9.47 Å². The number of aromatic nitrogens is 1. The van der Waals surface area contributed by atoms with Crippen LogP contribution in [0.15, 0.2) is 36.5 Å². The van der Waals surface area contributed by atoms with Crippen LogP contribution in [0.25, 0.3) is 0 Å². The highest BCUT2D eigenvalue weighted by Gasteiger charge is 2.26. The number of hydrogen-bond donors (Lipinski definition) is 0. The molecule has 0 aliphatic carbocycles. The highest BCUT2D eigenvalue weighted by molar-refractivity contribution is 6.31. The zero-order valence-corrected chi connectivity index (χ0v) is 14.5. The maximum atomic E-state index is 12.6. The van der Waals surface area contributed by atoms with Gasteiger partial charge in [-0.1, -0.05) is 35.9 Å². The summed E-state index contributed by atoms with van der Waals surface area (Å²) in [6, 6.07) is 10.6. The zero-order valence-electron chi connectivity index (χ0n) is 13.8. The molecule has 0 unspecified atom stereocenters. The first-order chi connectivity index (χ1) is 11.0. The van der Waals surface area contributed by atoms with Crippen LogP contribution in [0.1, 0.15) is 21.6 Å². The van der Waals surface area contributed by atoms with Crippen molar-refractivity contribution < 1.29 is 4.79 Å². The second-order valence-corrected chi connectivity index (χ2v) is 6.82. The van der Waals surface area contributed by atoms with Crippen molar-refractivity contribution in [2.75, 3.05) is 20.6 Å². The standard InChI is InChI=1S/C18H22ClN3O/c1-20-10-14-7-5-4-6-13(14)8-16(20)12-22(3)18(23)17-9-15(19)11-21(17)2/h4-7,9,11,16H,8,10,12H2,1-3H3/t16-/m0/s1. The number of benzene rings is 1. The van der Waals surface area contributed by atoms with Gasteiger partial charge >= 0.3 is 0 Å². The average Bonchev–Trinajstić information content (AvgIpc) is 2.85. The highest BCUT2D eigenvalue weighted by Crippen LogP contribution is 2.23. The molecule has 0 radical (unpaired) electrons. The van der Waals surface area contributed by atoms with E-state index in [2.05, 4.69) is 36.2 Å². The van der Waals surface area contributed by atoms with Crippen LogP contribution in [0.3, 0.4) is 0 Å². The number of aryl methyl sites for hydroxylation is 1.